The van der Waals surface area contributed by atoms with Crippen LogP contribution in [0.5, 0.6) is 0 Å². The van der Waals surface area contributed by atoms with Crippen LogP contribution in [0, 0.1) is 0 Å². The Balaban J connectivity index is 3.35. The van der Waals surface area contributed by atoms with Crippen LogP contribution in [-0.4, -0.2) is 19.5 Å². The molecule has 2 heteroatoms. The lowest BCUT2D eigenvalue weighted by atomic mass is 10.1. The molecule has 0 N–H and O–H groups in total. The van der Waals surface area contributed by atoms with Gasteiger partial charge in [0.05, 0.1) is 0 Å². The van der Waals surface area contributed by atoms with Crippen molar-refractivity contribution in [1.82, 2.24) is 0 Å². The first kappa shape index (κ1) is 25.4. The lowest BCUT2D eigenvalue weighted by Gasteiger charge is -2.18. The molecule has 0 aliphatic rings. The van der Waals surface area contributed by atoms with Gasteiger partial charge >= 0.3 is 0 Å². The Kier molecular flexibility index (Phi) is 21.9. The van der Waals surface area contributed by atoms with Gasteiger partial charge in [0.25, 0.3) is 0 Å². The van der Waals surface area contributed by atoms with Gasteiger partial charge < -0.3 is 9.47 Å². The van der Waals surface area contributed by atoms with Crippen LogP contribution in [0.15, 0.2) is 24.3 Å². The molecule has 0 aliphatic heterocycles. The summed E-state index contributed by atoms with van der Waals surface area (Å²) in [6, 6.07) is 0. The third kappa shape index (κ3) is 19.7. The molecule has 0 aromatic rings. The third-order valence-corrected chi connectivity index (χ3v) is 4.45. The Morgan fingerprint density at radius 2 is 1.12 bits per heavy atom. The zero-order valence-corrected chi connectivity index (χ0v) is 18.0. The average molecular weight is 367 g/mol. The Morgan fingerprint density at radius 3 is 1.65 bits per heavy atom. The molecule has 154 valence electrons. The summed E-state index contributed by atoms with van der Waals surface area (Å²) in [5.74, 6) is 0. The van der Waals surface area contributed by atoms with Gasteiger partial charge in [0.1, 0.15) is 0 Å². The molecule has 0 bridgehead atoms. The molecule has 0 aliphatic carbocycles. The average Bonchev–Trinajstić information content (AvgIpc) is 2.66. The van der Waals surface area contributed by atoms with Crippen LogP contribution < -0.4 is 0 Å². The molecular formula is C24H46O2. The van der Waals surface area contributed by atoms with E-state index in [-0.39, 0.29) is 6.29 Å². The maximum atomic E-state index is 5.78. The van der Waals surface area contributed by atoms with Crippen LogP contribution in [0.3, 0.4) is 0 Å². The molecule has 26 heavy (non-hydrogen) atoms. The predicted molar refractivity (Wildman–Crippen MR) is 116 cm³/mol. The van der Waals surface area contributed by atoms with E-state index in [1.54, 1.807) is 0 Å². The Hall–Kier alpha value is -0.600. The number of allylic oxidation sites excluding steroid dienone is 4. The molecule has 0 rings (SSSR count). The molecule has 2 nitrogen and oxygen atoms in total. The second kappa shape index (κ2) is 22.4. The highest BCUT2D eigenvalue weighted by Gasteiger charge is 2.08. The minimum absolute atomic E-state index is 0.0291. The number of hydrogen-bond acceptors (Lipinski definition) is 2. The van der Waals surface area contributed by atoms with Gasteiger partial charge in [-0.25, -0.2) is 0 Å². The quantitative estimate of drug-likeness (QED) is 0.123. The fourth-order valence-electron chi connectivity index (χ4n) is 2.91. The summed E-state index contributed by atoms with van der Waals surface area (Å²) in [7, 11) is 0. The highest BCUT2D eigenvalue weighted by Crippen LogP contribution is 2.14. The predicted octanol–water partition coefficient (Wildman–Crippen LogP) is 7.98. The zero-order valence-electron chi connectivity index (χ0n) is 18.0. The first-order valence-electron chi connectivity index (χ1n) is 11.4. The zero-order chi connectivity index (χ0) is 19.1. The monoisotopic (exact) mass is 366 g/mol. The lowest BCUT2D eigenvalue weighted by Crippen LogP contribution is -2.18. The molecule has 0 unspecified atom stereocenters. The van der Waals surface area contributed by atoms with Gasteiger partial charge in [0.2, 0.25) is 0 Å². The van der Waals surface area contributed by atoms with Crippen LogP contribution in [0.25, 0.3) is 0 Å². The number of ether oxygens (including phenoxy) is 2. The molecule has 0 saturated heterocycles. The number of rotatable bonds is 20. The highest BCUT2D eigenvalue weighted by atomic mass is 16.7. The SMILES string of the molecule is CCC=CC=CCCCCCCCCCCCC(OCCC)OCCC. The van der Waals surface area contributed by atoms with E-state index in [1.807, 2.05) is 0 Å². The Labute approximate surface area is 164 Å². The summed E-state index contributed by atoms with van der Waals surface area (Å²) in [6.45, 7) is 8.11. The fourth-order valence-corrected chi connectivity index (χ4v) is 2.91. The van der Waals surface area contributed by atoms with Gasteiger partial charge in [-0.15, -0.1) is 0 Å². The molecule has 0 amide bonds. The van der Waals surface area contributed by atoms with Gasteiger partial charge in [-0.2, -0.15) is 0 Å². The van der Waals surface area contributed by atoms with Crippen LogP contribution in [0.1, 0.15) is 111 Å². The molecular weight excluding hydrogens is 320 g/mol. The third-order valence-electron chi connectivity index (χ3n) is 4.45. The first-order chi connectivity index (χ1) is 12.8. The molecule has 0 heterocycles. The van der Waals surface area contributed by atoms with Crippen LogP contribution in [0.4, 0.5) is 0 Å². The molecule has 0 fully saturated rings. The van der Waals surface area contributed by atoms with Crippen molar-refractivity contribution in [3.8, 4) is 0 Å². The molecule has 0 radical (unpaired) electrons. The van der Waals surface area contributed by atoms with E-state index in [4.69, 9.17) is 9.47 Å². The van der Waals surface area contributed by atoms with Crippen molar-refractivity contribution in [2.75, 3.05) is 13.2 Å². The summed E-state index contributed by atoms with van der Waals surface area (Å²) in [5.41, 5.74) is 0. The van der Waals surface area contributed by atoms with Gasteiger partial charge in [-0.05, 0) is 44.9 Å². The van der Waals surface area contributed by atoms with Crippen molar-refractivity contribution < 1.29 is 9.47 Å². The number of unbranched alkanes of at least 4 members (excludes halogenated alkanes) is 9. The summed E-state index contributed by atoms with van der Waals surface area (Å²) in [5, 5.41) is 0. The number of hydrogen-bond donors (Lipinski definition) is 0. The van der Waals surface area contributed by atoms with Crippen molar-refractivity contribution in [3.05, 3.63) is 24.3 Å². The van der Waals surface area contributed by atoms with E-state index < -0.39 is 0 Å². The van der Waals surface area contributed by atoms with E-state index in [2.05, 4.69) is 45.1 Å². The maximum absolute atomic E-state index is 5.78. The molecule has 0 aromatic heterocycles. The molecule has 0 aromatic carbocycles. The van der Waals surface area contributed by atoms with Crippen LogP contribution >= 0.6 is 0 Å². The van der Waals surface area contributed by atoms with Crippen molar-refractivity contribution in [1.29, 1.82) is 0 Å². The lowest BCUT2D eigenvalue weighted by molar-refractivity contribution is -0.146. The normalized spacial score (nSPS) is 12.2. The van der Waals surface area contributed by atoms with Crippen molar-refractivity contribution in [3.63, 3.8) is 0 Å². The van der Waals surface area contributed by atoms with Crippen molar-refractivity contribution >= 4 is 0 Å². The van der Waals surface area contributed by atoms with E-state index in [0.29, 0.717) is 0 Å². The first-order valence-corrected chi connectivity index (χ1v) is 11.4. The Morgan fingerprint density at radius 1 is 0.615 bits per heavy atom. The molecule has 0 spiro atoms. The summed E-state index contributed by atoms with van der Waals surface area (Å²) in [4.78, 5) is 0. The van der Waals surface area contributed by atoms with Crippen LogP contribution in [-0.2, 0) is 9.47 Å². The topological polar surface area (TPSA) is 18.5 Å². The summed E-state index contributed by atoms with van der Waals surface area (Å²) < 4.78 is 11.6. The standard InChI is InChI=1S/C24H46O2/c1-4-7-8-9-10-11-12-13-14-15-16-17-18-19-20-21-24(25-22-5-2)26-23-6-3/h7-10,24H,4-6,11-23H2,1-3H3. The van der Waals surface area contributed by atoms with Gasteiger partial charge in [0.15, 0.2) is 6.29 Å². The summed E-state index contributed by atoms with van der Waals surface area (Å²) >= 11 is 0. The van der Waals surface area contributed by atoms with Crippen molar-refractivity contribution in [2.24, 2.45) is 0 Å². The largest absolute Gasteiger partial charge is 0.353 e. The fraction of sp³-hybridized carbons (Fsp3) is 0.833. The maximum Gasteiger partial charge on any atom is 0.157 e. The van der Waals surface area contributed by atoms with Crippen LogP contribution in [0.2, 0.25) is 0 Å². The Bertz CT molecular complexity index is 301. The van der Waals surface area contributed by atoms with Gasteiger partial charge in [0, 0.05) is 13.2 Å². The highest BCUT2D eigenvalue weighted by molar-refractivity contribution is 5.01. The molecule has 0 saturated carbocycles. The van der Waals surface area contributed by atoms with E-state index in [0.717, 1.165) is 38.9 Å². The smallest absolute Gasteiger partial charge is 0.157 e. The minimum atomic E-state index is 0.0291. The van der Waals surface area contributed by atoms with Gasteiger partial charge in [-0.3, -0.25) is 0 Å². The van der Waals surface area contributed by atoms with E-state index in [1.165, 1.54) is 64.2 Å². The molecule has 0 atom stereocenters. The van der Waals surface area contributed by atoms with E-state index >= 15 is 0 Å². The van der Waals surface area contributed by atoms with E-state index in [9.17, 15) is 0 Å². The van der Waals surface area contributed by atoms with Gasteiger partial charge in [-0.1, -0.05) is 90.0 Å². The van der Waals surface area contributed by atoms with Crippen molar-refractivity contribution in [2.45, 2.75) is 117 Å². The second-order valence-corrected chi connectivity index (χ2v) is 7.20. The minimum Gasteiger partial charge on any atom is -0.353 e. The summed E-state index contributed by atoms with van der Waals surface area (Å²) in [6.07, 6.45) is 26.7. The second-order valence-electron chi connectivity index (χ2n) is 7.20.